The average Bonchev–Trinajstić information content (AvgIpc) is 2.68. The minimum Gasteiger partial charge on any atom is -0.550 e. The van der Waals surface area contributed by atoms with E-state index in [4.69, 9.17) is 20.4 Å². The molecule has 0 bridgehead atoms. The molecule has 37 heavy (non-hydrogen) atoms. The Morgan fingerprint density at radius 2 is 0.595 bits per heavy atom. The summed E-state index contributed by atoms with van der Waals surface area (Å²) in [6, 6.07) is 0. The number of aliphatic carboxylic acids is 4. The van der Waals surface area contributed by atoms with Crippen LogP contribution in [0.3, 0.4) is 0 Å². The van der Waals surface area contributed by atoms with E-state index in [2.05, 4.69) is 0 Å². The van der Waals surface area contributed by atoms with Gasteiger partial charge in [-0.05, 0) is 25.7 Å². The average molecular weight is 537 g/mol. The Bertz CT molecular complexity index is 458. The fourth-order valence-corrected chi connectivity index (χ4v) is 2.51. The van der Waals surface area contributed by atoms with E-state index in [0.29, 0.717) is 25.7 Å². The summed E-state index contributed by atoms with van der Waals surface area (Å²) in [6.07, 6.45) is 1.49. The summed E-state index contributed by atoms with van der Waals surface area (Å²) in [6.45, 7) is 7.55. The van der Waals surface area contributed by atoms with Crippen LogP contribution in [0.15, 0.2) is 0 Å². The fraction of sp³-hybridized carbons (Fsp3) is 0.800. The third kappa shape index (κ3) is 51.3. The van der Waals surface area contributed by atoms with E-state index in [0.717, 1.165) is 25.7 Å². The predicted octanol–water partition coefficient (Wildman–Crippen LogP) is -2.77. The molecule has 12 nitrogen and oxygen atoms in total. The van der Waals surface area contributed by atoms with E-state index < -0.39 is 48.3 Å². The van der Waals surface area contributed by atoms with Gasteiger partial charge in [0.25, 0.3) is 0 Å². The van der Waals surface area contributed by atoms with E-state index >= 15 is 0 Å². The Morgan fingerprint density at radius 1 is 0.459 bits per heavy atom. The number of carboxylic acids is 4. The molecule has 0 heterocycles. The zero-order valence-electron chi connectivity index (χ0n) is 22.3. The van der Waals surface area contributed by atoms with Crippen molar-refractivity contribution in [1.29, 1.82) is 0 Å². The van der Waals surface area contributed by atoms with Crippen molar-refractivity contribution in [3.63, 3.8) is 0 Å². The second-order valence-electron chi connectivity index (χ2n) is 8.07. The van der Waals surface area contributed by atoms with Crippen LogP contribution in [-0.4, -0.2) is 68.7 Å². The largest absolute Gasteiger partial charge is 4.00 e. The summed E-state index contributed by atoms with van der Waals surface area (Å²) in [4.78, 5) is 39.3. The van der Waals surface area contributed by atoms with Gasteiger partial charge in [0, 0.05) is 49.6 Å². The van der Waals surface area contributed by atoms with E-state index in [1.807, 2.05) is 27.7 Å². The molecule has 0 amide bonds. The number of carboxylic acid groups (broad SMARTS) is 4. The van der Waals surface area contributed by atoms with Crippen LogP contribution in [0.4, 0.5) is 0 Å². The van der Waals surface area contributed by atoms with Crippen molar-refractivity contribution in [3.05, 3.63) is 7.43 Å². The number of rotatable bonds is 16. The van der Waals surface area contributed by atoms with E-state index in [1.54, 1.807) is 0 Å². The number of aliphatic hydroxyl groups is 4. The zero-order chi connectivity index (χ0) is 29.1. The first kappa shape index (κ1) is 44.7. The minimum atomic E-state index is -1.18. The smallest absolute Gasteiger partial charge is 0.550 e. The number of hydrogen-bond acceptors (Lipinski definition) is 12. The molecular weight excluding hydrogens is 492 g/mol. The molecule has 4 unspecified atom stereocenters. The molecule has 0 fully saturated rings. The maximum Gasteiger partial charge on any atom is 4.00 e. The molecule has 0 radical (unpaired) electrons. The van der Waals surface area contributed by atoms with Gasteiger partial charge in [0.05, 0.1) is 24.4 Å². The fourth-order valence-electron chi connectivity index (χ4n) is 2.51. The zero-order valence-corrected chi connectivity index (χ0v) is 22.3. The molecule has 0 aliphatic heterocycles. The number of hydrogen-bond donors (Lipinski definition) is 4. The van der Waals surface area contributed by atoms with Crippen molar-refractivity contribution in [2.45, 2.75) is 129 Å². The topological polar surface area (TPSA) is 241 Å². The molecule has 12 heteroatoms. The molecule has 0 aromatic carbocycles. The quantitative estimate of drug-likeness (QED) is 0.157. The summed E-state index contributed by atoms with van der Waals surface area (Å²) in [5.74, 6) is -4.74. The molecular formula is C25H44O12. The monoisotopic (exact) mass is 536 g/mol. The van der Waals surface area contributed by atoms with Crippen LogP contribution in [0.1, 0.15) is 105 Å². The van der Waals surface area contributed by atoms with Crippen molar-refractivity contribution in [2.75, 3.05) is 0 Å². The first-order valence-corrected chi connectivity index (χ1v) is 12.2. The van der Waals surface area contributed by atoms with Gasteiger partial charge in [0.2, 0.25) is 0 Å². The third-order valence-corrected chi connectivity index (χ3v) is 4.10. The minimum absolute atomic E-state index is 0. The van der Waals surface area contributed by atoms with Gasteiger partial charge in [-0.25, -0.2) is 0 Å². The van der Waals surface area contributed by atoms with Crippen molar-refractivity contribution in [3.8, 4) is 0 Å². The maximum atomic E-state index is 9.81. The van der Waals surface area contributed by atoms with E-state index in [-0.39, 0.29) is 33.1 Å². The van der Waals surface area contributed by atoms with E-state index in [9.17, 15) is 39.6 Å². The van der Waals surface area contributed by atoms with E-state index in [1.165, 1.54) is 0 Å². The Morgan fingerprint density at radius 3 is 0.676 bits per heavy atom. The SMILES string of the molecule is CCCC(O)CC(=O)[O-].CCCC(O)CC(=O)[O-].CCCC(O)CC(=O)[O-].CCCC(O)CC(=O)[O-].[C+4]. The Hall–Kier alpha value is -2.28. The molecule has 0 saturated carbocycles. The van der Waals surface area contributed by atoms with Gasteiger partial charge in [-0.1, -0.05) is 53.4 Å². The van der Waals surface area contributed by atoms with Crippen LogP contribution in [0, 0.1) is 7.43 Å². The van der Waals surface area contributed by atoms with Crippen molar-refractivity contribution < 1.29 is 60.0 Å². The van der Waals surface area contributed by atoms with Gasteiger partial charge in [-0.2, -0.15) is 0 Å². The van der Waals surface area contributed by atoms with Crippen molar-refractivity contribution >= 4 is 23.9 Å². The van der Waals surface area contributed by atoms with Gasteiger partial charge >= 0.3 is 7.43 Å². The summed E-state index contributed by atoms with van der Waals surface area (Å²) >= 11 is 0. The first-order chi connectivity index (χ1) is 16.7. The van der Waals surface area contributed by atoms with Gasteiger partial charge in [-0.3, -0.25) is 0 Å². The second-order valence-corrected chi connectivity index (χ2v) is 8.07. The molecule has 0 aliphatic carbocycles. The molecule has 0 spiro atoms. The van der Waals surface area contributed by atoms with Crippen LogP contribution in [0.25, 0.3) is 0 Å². The molecule has 0 rings (SSSR count). The third-order valence-electron chi connectivity index (χ3n) is 4.10. The van der Waals surface area contributed by atoms with Crippen LogP contribution in [0.2, 0.25) is 0 Å². The van der Waals surface area contributed by atoms with Gasteiger partial charge in [-0.15, -0.1) is 0 Å². The standard InChI is InChI=1S/4C6H12O3.C/c4*1-2-3-5(7)4-6(8)9;/h4*5,7H,2-4H2,1H3,(H,8,9);/q;;;;+4/p-4. The van der Waals surface area contributed by atoms with Gasteiger partial charge in [0.1, 0.15) is 0 Å². The molecule has 216 valence electrons. The maximum absolute atomic E-state index is 9.81. The summed E-state index contributed by atoms with van der Waals surface area (Å²) in [7, 11) is 0. The number of aliphatic hydroxyl groups excluding tert-OH is 4. The van der Waals surface area contributed by atoms with Crippen LogP contribution in [0.5, 0.6) is 0 Å². The molecule has 0 aliphatic rings. The molecule has 0 saturated heterocycles. The van der Waals surface area contributed by atoms with Gasteiger partial charge < -0.3 is 60.0 Å². The van der Waals surface area contributed by atoms with Gasteiger partial charge in [0.15, 0.2) is 0 Å². The first-order valence-electron chi connectivity index (χ1n) is 12.2. The van der Waals surface area contributed by atoms with Crippen LogP contribution in [-0.2, 0) is 19.2 Å². The molecule has 4 N–H and O–H groups in total. The molecule has 0 aromatic rings. The van der Waals surface area contributed by atoms with Crippen LogP contribution >= 0.6 is 0 Å². The normalized spacial score (nSPS) is 12.8. The Balaban J connectivity index is -0.000000122. The predicted molar refractivity (Wildman–Crippen MR) is 125 cm³/mol. The Labute approximate surface area is 221 Å². The van der Waals surface area contributed by atoms with Crippen molar-refractivity contribution in [2.24, 2.45) is 0 Å². The summed E-state index contributed by atoms with van der Waals surface area (Å²) in [5, 5.41) is 74.4. The number of carbonyl (C=O) groups excluding carboxylic acids is 4. The van der Waals surface area contributed by atoms with Crippen molar-refractivity contribution in [1.82, 2.24) is 0 Å². The molecule has 4 atom stereocenters. The summed E-state index contributed by atoms with van der Waals surface area (Å²) < 4.78 is 0. The molecule has 0 aromatic heterocycles. The summed E-state index contributed by atoms with van der Waals surface area (Å²) in [5.41, 5.74) is 0. The van der Waals surface area contributed by atoms with Crippen LogP contribution < -0.4 is 20.4 Å². The Kier molecular flexibility index (Phi) is 38.4. The number of carbonyl (C=O) groups is 4. The second kappa shape index (κ2) is 31.7.